The Bertz CT molecular complexity index is 545. The fourth-order valence-electron chi connectivity index (χ4n) is 1.45. The standard InChI is InChI=1S/C13H14FNO6/c1-2-20-12(16)5-6-13(17)21-8-9-7-10(15(18)19)3-4-11(9)14/h3-4,7H,2,5-6,8H2,1H3. The maximum Gasteiger partial charge on any atom is 0.306 e. The Morgan fingerprint density at radius 3 is 2.43 bits per heavy atom. The summed E-state index contributed by atoms with van der Waals surface area (Å²) in [7, 11) is 0. The van der Waals surface area contributed by atoms with Gasteiger partial charge in [0, 0.05) is 17.7 Å². The minimum Gasteiger partial charge on any atom is -0.466 e. The summed E-state index contributed by atoms with van der Waals surface area (Å²) in [5, 5.41) is 10.6. The van der Waals surface area contributed by atoms with Gasteiger partial charge in [-0.2, -0.15) is 0 Å². The molecule has 0 radical (unpaired) electrons. The van der Waals surface area contributed by atoms with Gasteiger partial charge in [0.05, 0.1) is 24.4 Å². The minimum absolute atomic E-state index is 0.103. The SMILES string of the molecule is CCOC(=O)CCC(=O)OCc1cc([N+](=O)[O-])ccc1F. The van der Waals surface area contributed by atoms with Crippen LogP contribution in [-0.2, 0) is 25.7 Å². The molecule has 0 fully saturated rings. The van der Waals surface area contributed by atoms with E-state index < -0.39 is 29.3 Å². The summed E-state index contributed by atoms with van der Waals surface area (Å²) in [4.78, 5) is 32.3. The number of hydrogen-bond donors (Lipinski definition) is 0. The average Bonchev–Trinajstić information content (AvgIpc) is 2.44. The molecule has 0 aliphatic heterocycles. The van der Waals surface area contributed by atoms with E-state index in [9.17, 15) is 24.1 Å². The number of carbonyl (C=O) groups excluding carboxylic acids is 2. The molecule has 0 unspecified atom stereocenters. The van der Waals surface area contributed by atoms with Crippen molar-refractivity contribution in [2.75, 3.05) is 6.61 Å². The van der Waals surface area contributed by atoms with E-state index in [1.807, 2.05) is 0 Å². The zero-order valence-electron chi connectivity index (χ0n) is 11.3. The van der Waals surface area contributed by atoms with Gasteiger partial charge in [-0.15, -0.1) is 0 Å². The molecule has 0 aromatic heterocycles. The van der Waals surface area contributed by atoms with E-state index in [1.54, 1.807) is 6.92 Å². The second kappa shape index (κ2) is 7.93. The Balaban J connectivity index is 2.51. The van der Waals surface area contributed by atoms with Crippen LogP contribution in [0.3, 0.4) is 0 Å². The zero-order chi connectivity index (χ0) is 15.8. The summed E-state index contributed by atoms with van der Waals surface area (Å²) in [5.41, 5.74) is -0.400. The van der Waals surface area contributed by atoms with E-state index >= 15 is 0 Å². The number of nitro benzene ring substituents is 1. The highest BCUT2D eigenvalue weighted by Gasteiger charge is 2.13. The molecule has 0 N–H and O–H groups in total. The summed E-state index contributed by atoms with van der Waals surface area (Å²) in [6.07, 6.45) is -0.334. The second-order valence-electron chi connectivity index (χ2n) is 4.00. The molecule has 21 heavy (non-hydrogen) atoms. The van der Waals surface area contributed by atoms with E-state index in [2.05, 4.69) is 4.74 Å². The summed E-state index contributed by atoms with van der Waals surface area (Å²) in [6, 6.07) is 2.94. The molecular formula is C13H14FNO6. The first-order valence-corrected chi connectivity index (χ1v) is 6.18. The lowest BCUT2D eigenvalue weighted by Crippen LogP contribution is -2.10. The number of nitrogens with zero attached hydrogens (tertiary/aromatic N) is 1. The highest BCUT2D eigenvalue weighted by Crippen LogP contribution is 2.17. The third-order valence-electron chi connectivity index (χ3n) is 2.47. The number of benzene rings is 1. The van der Waals surface area contributed by atoms with Crippen LogP contribution in [0, 0.1) is 15.9 Å². The van der Waals surface area contributed by atoms with Gasteiger partial charge in [0.15, 0.2) is 0 Å². The Hall–Kier alpha value is -2.51. The smallest absolute Gasteiger partial charge is 0.306 e. The average molecular weight is 299 g/mol. The number of nitro groups is 1. The van der Waals surface area contributed by atoms with Crippen LogP contribution >= 0.6 is 0 Å². The normalized spacial score (nSPS) is 10.0. The third kappa shape index (κ3) is 5.55. The quantitative estimate of drug-likeness (QED) is 0.434. The number of halogens is 1. The molecule has 1 aromatic carbocycles. The second-order valence-corrected chi connectivity index (χ2v) is 4.00. The molecule has 7 nitrogen and oxygen atoms in total. The molecule has 0 amide bonds. The molecule has 8 heteroatoms. The monoisotopic (exact) mass is 299 g/mol. The maximum absolute atomic E-state index is 13.4. The molecule has 0 aliphatic carbocycles. The van der Waals surface area contributed by atoms with Crippen molar-refractivity contribution < 1.29 is 28.4 Å². The molecule has 0 atom stereocenters. The molecule has 1 rings (SSSR count). The largest absolute Gasteiger partial charge is 0.466 e. The predicted molar refractivity (Wildman–Crippen MR) is 68.7 cm³/mol. The molecular weight excluding hydrogens is 285 g/mol. The molecule has 0 heterocycles. The van der Waals surface area contributed by atoms with Gasteiger partial charge < -0.3 is 9.47 Å². The van der Waals surface area contributed by atoms with Gasteiger partial charge in [-0.25, -0.2) is 4.39 Å². The molecule has 0 saturated carbocycles. The third-order valence-corrected chi connectivity index (χ3v) is 2.47. The first-order chi connectivity index (χ1) is 9.93. The summed E-state index contributed by atoms with van der Waals surface area (Å²) in [6.45, 7) is 1.42. The summed E-state index contributed by atoms with van der Waals surface area (Å²) in [5.74, 6) is -1.95. The van der Waals surface area contributed by atoms with Crippen LogP contribution in [0.2, 0.25) is 0 Å². The van der Waals surface area contributed by atoms with Crippen LogP contribution in [0.25, 0.3) is 0 Å². The van der Waals surface area contributed by atoms with Crippen molar-refractivity contribution in [3.05, 3.63) is 39.7 Å². The minimum atomic E-state index is -0.714. The highest BCUT2D eigenvalue weighted by molar-refractivity contribution is 5.77. The van der Waals surface area contributed by atoms with Crippen LogP contribution in [0.1, 0.15) is 25.3 Å². The van der Waals surface area contributed by atoms with Crippen LogP contribution in [0.15, 0.2) is 18.2 Å². The molecule has 0 saturated heterocycles. The van der Waals surface area contributed by atoms with E-state index in [0.29, 0.717) is 0 Å². The fraction of sp³-hybridized carbons (Fsp3) is 0.385. The zero-order valence-corrected chi connectivity index (χ0v) is 11.3. The first-order valence-electron chi connectivity index (χ1n) is 6.18. The number of carbonyl (C=O) groups is 2. The predicted octanol–water partition coefficient (Wildman–Crippen LogP) is 2.12. The Morgan fingerprint density at radius 2 is 1.86 bits per heavy atom. The number of rotatable bonds is 7. The summed E-state index contributed by atoms with van der Waals surface area (Å²) < 4.78 is 22.8. The molecule has 0 spiro atoms. The Kier molecular flexibility index (Phi) is 6.25. The van der Waals surface area contributed by atoms with E-state index in [0.717, 1.165) is 18.2 Å². The number of hydrogen-bond acceptors (Lipinski definition) is 6. The summed E-state index contributed by atoms with van der Waals surface area (Å²) >= 11 is 0. The van der Waals surface area contributed by atoms with Gasteiger partial charge >= 0.3 is 11.9 Å². The van der Waals surface area contributed by atoms with Gasteiger partial charge in [-0.3, -0.25) is 19.7 Å². The topological polar surface area (TPSA) is 95.7 Å². The fourth-order valence-corrected chi connectivity index (χ4v) is 1.45. The lowest BCUT2D eigenvalue weighted by molar-refractivity contribution is -0.385. The van der Waals surface area contributed by atoms with E-state index in [1.165, 1.54) is 0 Å². The first kappa shape index (κ1) is 16.5. The van der Waals surface area contributed by atoms with E-state index in [-0.39, 0.29) is 30.7 Å². The van der Waals surface area contributed by atoms with Crippen LogP contribution in [-0.4, -0.2) is 23.5 Å². The van der Waals surface area contributed by atoms with Crippen LogP contribution in [0.5, 0.6) is 0 Å². The van der Waals surface area contributed by atoms with Crippen LogP contribution in [0.4, 0.5) is 10.1 Å². The van der Waals surface area contributed by atoms with Crippen LogP contribution < -0.4 is 0 Å². The number of ether oxygens (including phenoxy) is 2. The Morgan fingerprint density at radius 1 is 1.24 bits per heavy atom. The molecule has 1 aromatic rings. The van der Waals surface area contributed by atoms with Crippen molar-refractivity contribution in [2.45, 2.75) is 26.4 Å². The van der Waals surface area contributed by atoms with Gasteiger partial charge in [0.25, 0.3) is 5.69 Å². The van der Waals surface area contributed by atoms with Crippen molar-refractivity contribution in [3.8, 4) is 0 Å². The highest BCUT2D eigenvalue weighted by atomic mass is 19.1. The van der Waals surface area contributed by atoms with Crippen molar-refractivity contribution in [3.63, 3.8) is 0 Å². The van der Waals surface area contributed by atoms with Crippen molar-refractivity contribution in [1.82, 2.24) is 0 Å². The molecule has 0 bridgehead atoms. The number of esters is 2. The van der Waals surface area contributed by atoms with Gasteiger partial charge in [0.1, 0.15) is 12.4 Å². The number of non-ortho nitro benzene ring substituents is 1. The molecule has 0 aliphatic rings. The van der Waals surface area contributed by atoms with Gasteiger partial charge in [-0.1, -0.05) is 0 Å². The van der Waals surface area contributed by atoms with Crippen molar-refractivity contribution in [1.29, 1.82) is 0 Å². The van der Waals surface area contributed by atoms with Gasteiger partial charge in [0.2, 0.25) is 0 Å². The van der Waals surface area contributed by atoms with E-state index in [4.69, 9.17) is 4.74 Å². The molecule has 114 valence electrons. The van der Waals surface area contributed by atoms with Crippen molar-refractivity contribution >= 4 is 17.6 Å². The lowest BCUT2D eigenvalue weighted by Gasteiger charge is -2.06. The lowest BCUT2D eigenvalue weighted by atomic mass is 10.2. The Labute approximate surface area is 119 Å². The van der Waals surface area contributed by atoms with Crippen molar-refractivity contribution in [2.24, 2.45) is 0 Å². The maximum atomic E-state index is 13.4. The van der Waals surface area contributed by atoms with Gasteiger partial charge in [-0.05, 0) is 13.0 Å².